The lowest BCUT2D eigenvalue weighted by atomic mass is 10.1. The van der Waals surface area contributed by atoms with E-state index in [1.54, 1.807) is 24.5 Å². The molecule has 2 aromatic heterocycles. The molecule has 0 spiro atoms. The molecule has 20 heavy (non-hydrogen) atoms. The van der Waals surface area contributed by atoms with E-state index in [0.717, 1.165) is 5.52 Å². The Bertz CT molecular complexity index is 730. The highest BCUT2D eigenvalue weighted by molar-refractivity contribution is 5.71. The highest BCUT2D eigenvalue weighted by Gasteiger charge is 2.02. The van der Waals surface area contributed by atoms with Crippen molar-refractivity contribution in [2.45, 2.75) is 6.42 Å². The average molecular weight is 268 g/mol. The molecule has 2 heterocycles. The summed E-state index contributed by atoms with van der Waals surface area (Å²) >= 11 is 0. The molecule has 0 aliphatic heterocycles. The second kappa shape index (κ2) is 5.61. The van der Waals surface area contributed by atoms with E-state index in [1.807, 2.05) is 18.2 Å². The van der Waals surface area contributed by atoms with E-state index in [2.05, 4.69) is 20.3 Å². The molecule has 0 radical (unpaired) electrons. The Kier molecular flexibility index (Phi) is 3.50. The number of hydrogen-bond acceptors (Lipinski definition) is 4. The first-order valence-corrected chi connectivity index (χ1v) is 6.38. The summed E-state index contributed by atoms with van der Waals surface area (Å²) in [6.45, 7) is 0.611. The summed E-state index contributed by atoms with van der Waals surface area (Å²) in [5.74, 6) is 0.543. The first-order valence-electron chi connectivity index (χ1n) is 6.38. The van der Waals surface area contributed by atoms with E-state index in [0.29, 0.717) is 30.0 Å². The van der Waals surface area contributed by atoms with Crippen molar-refractivity contribution >= 4 is 17.0 Å². The zero-order valence-electron chi connectivity index (χ0n) is 10.8. The average Bonchev–Trinajstić information content (AvgIpc) is 2.49. The quantitative estimate of drug-likeness (QED) is 0.790. The molecule has 0 amide bonds. The van der Waals surface area contributed by atoms with E-state index < -0.39 is 0 Å². The van der Waals surface area contributed by atoms with Gasteiger partial charge in [0.1, 0.15) is 17.2 Å². The van der Waals surface area contributed by atoms with Gasteiger partial charge in [0.15, 0.2) is 5.65 Å². The zero-order valence-corrected chi connectivity index (χ0v) is 10.8. The molecule has 3 rings (SSSR count). The topological polar surface area (TPSA) is 50.7 Å². The summed E-state index contributed by atoms with van der Waals surface area (Å²) in [7, 11) is 0. The van der Waals surface area contributed by atoms with Gasteiger partial charge in [0, 0.05) is 18.9 Å². The largest absolute Gasteiger partial charge is 0.370 e. The Hall–Kier alpha value is -2.56. The SMILES string of the molecule is Fc1ccccc1CCNc1ccc2nccnc2n1. The van der Waals surface area contributed by atoms with Crippen LogP contribution in [0.3, 0.4) is 0 Å². The molecule has 0 aliphatic carbocycles. The van der Waals surface area contributed by atoms with Gasteiger partial charge in [-0.2, -0.15) is 0 Å². The predicted octanol–water partition coefficient (Wildman–Crippen LogP) is 2.82. The molecule has 0 unspecified atom stereocenters. The Morgan fingerprint density at radius 1 is 1.00 bits per heavy atom. The maximum absolute atomic E-state index is 13.5. The molecule has 4 nitrogen and oxygen atoms in total. The minimum absolute atomic E-state index is 0.174. The molecule has 0 atom stereocenters. The fourth-order valence-corrected chi connectivity index (χ4v) is 1.98. The molecule has 3 aromatic rings. The summed E-state index contributed by atoms with van der Waals surface area (Å²) < 4.78 is 13.5. The lowest BCUT2D eigenvalue weighted by Gasteiger charge is -2.06. The fraction of sp³-hybridized carbons (Fsp3) is 0.133. The number of pyridine rings is 1. The molecule has 100 valence electrons. The molecule has 0 saturated heterocycles. The number of nitrogens with one attached hydrogen (secondary N) is 1. The van der Waals surface area contributed by atoms with Gasteiger partial charge in [-0.25, -0.2) is 14.4 Å². The van der Waals surface area contributed by atoms with Crippen molar-refractivity contribution in [2.75, 3.05) is 11.9 Å². The van der Waals surface area contributed by atoms with Crippen LogP contribution in [0.1, 0.15) is 5.56 Å². The van der Waals surface area contributed by atoms with Crippen molar-refractivity contribution in [3.05, 3.63) is 60.2 Å². The third kappa shape index (κ3) is 2.71. The minimum Gasteiger partial charge on any atom is -0.370 e. The summed E-state index contributed by atoms with van der Waals surface area (Å²) in [6, 6.07) is 10.5. The molecular formula is C15H13FN4. The zero-order chi connectivity index (χ0) is 13.8. The smallest absolute Gasteiger partial charge is 0.180 e. The third-order valence-corrected chi connectivity index (χ3v) is 2.99. The van der Waals surface area contributed by atoms with Crippen LogP contribution in [0.4, 0.5) is 10.2 Å². The molecule has 1 aromatic carbocycles. The molecule has 1 N–H and O–H groups in total. The highest BCUT2D eigenvalue weighted by atomic mass is 19.1. The number of fused-ring (bicyclic) bond motifs is 1. The van der Waals surface area contributed by atoms with Crippen molar-refractivity contribution in [2.24, 2.45) is 0 Å². The first-order chi connectivity index (χ1) is 9.83. The van der Waals surface area contributed by atoms with Crippen LogP contribution in [0.5, 0.6) is 0 Å². The van der Waals surface area contributed by atoms with Crippen LogP contribution in [-0.2, 0) is 6.42 Å². The number of aromatic nitrogens is 3. The number of halogens is 1. The van der Waals surface area contributed by atoms with Gasteiger partial charge in [-0.05, 0) is 30.2 Å². The number of hydrogen-bond donors (Lipinski definition) is 1. The van der Waals surface area contributed by atoms with Crippen molar-refractivity contribution in [3.8, 4) is 0 Å². The maximum Gasteiger partial charge on any atom is 0.180 e. The first kappa shape index (κ1) is 12.5. The summed E-state index contributed by atoms with van der Waals surface area (Å²) in [5, 5.41) is 3.17. The number of anilines is 1. The number of rotatable bonds is 4. The lowest BCUT2D eigenvalue weighted by molar-refractivity contribution is 0.610. The third-order valence-electron chi connectivity index (χ3n) is 2.99. The predicted molar refractivity (Wildman–Crippen MR) is 75.9 cm³/mol. The van der Waals surface area contributed by atoms with Crippen LogP contribution in [0.25, 0.3) is 11.2 Å². The van der Waals surface area contributed by atoms with Crippen LogP contribution in [0.2, 0.25) is 0 Å². The molecule has 0 fully saturated rings. The Morgan fingerprint density at radius 2 is 1.85 bits per heavy atom. The van der Waals surface area contributed by atoms with Gasteiger partial charge in [0.05, 0.1) is 0 Å². The number of benzene rings is 1. The van der Waals surface area contributed by atoms with E-state index in [9.17, 15) is 4.39 Å². The standard InChI is InChI=1S/C15H13FN4/c16-12-4-2-1-3-11(12)7-8-18-14-6-5-13-15(20-14)19-10-9-17-13/h1-6,9-10H,7-8H2,(H,18,19,20). The van der Waals surface area contributed by atoms with E-state index in [-0.39, 0.29) is 5.82 Å². The van der Waals surface area contributed by atoms with Crippen molar-refractivity contribution in [1.29, 1.82) is 0 Å². The van der Waals surface area contributed by atoms with Crippen LogP contribution in [-0.4, -0.2) is 21.5 Å². The van der Waals surface area contributed by atoms with E-state index in [1.165, 1.54) is 6.07 Å². The molecule has 0 saturated carbocycles. The van der Waals surface area contributed by atoms with Crippen molar-refractivity contribution in [3.63, 3.8) is 0 Å². The summed E-state index contributed by atoms with van der Waals surface area (Å²) in [6.07, 6.45) is 3.85. The molecule has 0 aliphatic rings. The van der Waals surface area contributed by atoms with Crippen molar-refractivity contribution in [1.82, 2.24) is 15.0 Å². The van der Waals surface area contributed by atoms with Gasteiger partial charge in [-0.3, -0.25) is 4.98 Å². The molecule has 5 heteroatoms. The normalized spacial score (nSPS) is 10.7. The van der Waals surface area contributed by atoms with E-state index in [4.69, 9.17) is 0 Å². The van der Waals surface area contributed by atoms with Crippen LogP contribution < -0.4 is 5.32 Å². The van der Waals surface area contributed by atoms with Crippen LogP contribution in [0.15, 0.2) is 48.8 Å². The lowest BCUT2D eigenvalue weighted by Crippen LogP contribution is -2.07. The Morgan fingerprint density at radius 3 is 2.75 bits per heavy atom. The van der Waals surface area contributed by atoms with Crippen LogP contribution >= 0.6 is 0 Å². The summed E-state index contributed by atoms with van der Waals surface area (Å²) in [5.41, 5.74) is 2.05. The number of nitrogens with zero attached hydrogens (tertiary/aromatic N) is 3. The Labute approximate surface area is 115 Å². The van der Waals surface area contributed by atoms with Crippen molar-refractivity contribution < 1.29 is 4.39 Å². The summed E-state index contributed by atoms with van der Waals surface area (Å²) in [4.78, 5) is 12.7. The van der Waals surface area contributed by atoms with E-state index >= 15 is 0 Å². The second-order valence-corrected chi connectivity index (χ2v) is 4.36. The van der Waals surface area contributed by atoms with Gasteiger partial charge in [0.25, 0.3) is 0 Å². The van der Waals surface area contributed by atoms with Gasteiger partial charge in [-0.1, -0.05) is 18.2 Å². The second-order valence-electron chi connectivity index (χ2n) is 4.36. The van der Waals surface area contributed by atoms with Gasteiger partial charge in [-0.15, -0.1) is 0 Å². The van der Waals surface area contributed by atoms with Gasteiger partial charge >= 0.3 is 0 Å². The maximum atomic E-state index is 13.5. The Balaban J connectivity index is 1.67. The monoisotopic (exact) mass is 268 g/mol. The fourth-order valence-electron chi connectivity index (χ4n) is 1.98. The molecular weight excluding hydrogens is 255 g/mol. The van der Waals surface area contributed by atoms with Gasteiger partial charge < -0.3 is 5.32 Å². The minimum atomic E-state index is -0.174. The molecule has 0 bridgehead atoms. The van der Waals surface area contributed by atoms with Gasteiger partial charge in [0.2, 0.25) is 0 Å². The van der Waals surface area contributed by atoms with Crippen LogP contribution in [0, 0.1) is 5.82 Å². The highest BCUT2D eigenvalue weighted by Crippen LogP contribution is 2.11.